The number of ketones is 1. The van der Waals surface area contributed by atoms with Crippen LogP contribution >= 0.6 is 0 Å². The number of carbonyl (C=O) groups is 1. The summed E-state index contributed by atoms with van der Waals surface area (Å²) >= 11 is 0. The summed E-state index contributed by atoms with van der Waals surface area (Å²) in [6.07, 6.45) is 8.83. The van der Waals surface area contributed by atoms with Crippen molar-refractivity contribution in [2.45, 2.75) is 77.8 Å². The van der Waals surface area contributed by atoms with E-state index in [1.165, 1.54) is 19.3 Å². The highest BCUT2D eigenvalue weighted by molar-refractivity contribution is 5.87. The Morgan fingerprint density at radius 3 is 2.62 bits per heavy atom. The average Bonchev–Trinajstić information content (AvgIpc) is 2.76. The van der Waals surface area contributed by atoms with Crippen molar-refractivity contribution in [3.8, 4) is 0 Å². The third-order valence-electron chi connectivity index (χ3n) is 8.31. The topological polar surface area (TPSA) is 17.1 Å². The molecule has 4 fully saturated rings. The monoisotopic (exact) mass is 292 g/mol. The molecule has 0 radical (unpaired) electrons. The quantitative estimate of drug-likeness (QED) is 0.618. The van der Waals surface area contributed by atoms with Gasteiger partial charge in [-0.2, -0.15) is 0 Å². The number of Topliss-reactive ketones (excluding diaryl/α,β-unsaturated/α-hetero) is 1. The lowest BCUT2D eigenvalue weighted by Crippen LogP contribution is -2.53. The van der Waals surface area contributed by atoms with Crippen LogP contribution in [0.5, 0.6) is 0 Å². The Labute approximate surface area is 128 Å². The van der Waals surface area contributed by atoms with Gasteiger partial charge < -0.3 is 0 Å². The summed E-state index contributed by atoms with van der Waals surface area (Å²) in [5.74, 6) is 3.26. The second-order valence-electron chi connectivity index (χ2n) is 8.95. The van der Waals surface area contributed by atoms with Crippen LogP contribution in [0.3, 0.4) is 0 Å². The molecule has 118 valence electrons. The number of hydrogen-bond donors (Lipinski definition) is 0. The summed E-state index contributed by atoms with van der Waals surface area (Å²) in [6.45, 7) is 4.70. The van der Waals surface area contributed by atoms with Crippen molar-refractivity contribution in [2.75, 3.05) is 0 Å². The van der Waals surface area contributed by atoms with Gasteiger partial charge in [0.05, 0.1) is 0 Å². The van der Waals surface area contributed by atoms with Crippen LogP contribution in [0, 0.1) is 34.5 Å². The highest BCUT2D eigenvalue weighted by atomic mass is 19.1. The number of halogens is 1. The van der Waals surface area contributed by atoms with Gasteiger partial charge in [-0.15, -0.1) is 0 Å². The fraction of sp³-hybridized carbons (Fsp3) is 0.947. The first-order chi connectivity index (χ1) is 9.95. The third kappa shape index (κ3) is 1.83. The molecule has 2 heteroatoms. The van der Waals surface area contributed by atoms with Crippen LogP contribution < -0.4 is 0 Å². The predicted molar refractivity (Wildman–Crippen MR) is 81.6 cm³/mol. The Morgan fingerprint density at radius 2 is 1.81 bits per heavy atom. The number of hydrogen-bond acceptors (Lipinski definition) is 1. The molecule has 4 rings (SSSR count). The predicted octanol–water partition coefficient (Wildman–Crippen LogP) is 4.94. The molecule has 0 aromatic heterocycles. The molecule has 7 atom stereocenters. The molecule has 0 heterocycles. The summed E-state index contributed by atoms with van der Waals surface area (Å²) in [5.41, 5.74) is 0.347. The molecule has 0 aliphatic heterocycles. The number of rotatable bonds is 0. The SMILES string of the molecule is C[C@@]12CC[C@@H](F)C[C@@H]1CC[C@H]1[C@H]2CC[C@]2(C)C(=O)CC[C@H]12. The van der Waals surface area contributed by atoms with Crippen molar-refractivity contribution in [1.29, 1.82) is 0 Å². The lowest BCUT2D eigenvalue weighted by molar-refractivity contribution is -0.140. The largest absolute Gasteiger partial charge is 0.299 e. The van der Waals surface area contributed by atoms with E-state index in [0.29, 0.717) is 23.0 Å². The molecule has 0 unspecified atom stereocenters. The van der Waals surface area contributed by atoms with Gasteiger partial charge >= 0.3 is 0 Å². The van der Waals surface area contributed by atoms with E-state index < -0.39 is 6.17 Å². The minimum Gasteiger partial charge on any atom is -0.299 e. The van der Waals surface area contributed by atoms with Gasteiger partial charge in [-0.25, -0.2) is 4.39 Å². The number of alkyl halides is 1. The van der Waals surface area contributed by atoms with Gasteiger partial charge in [0.1, 0.15) is 12.0 Å². The lowest BCUT2D eigenvalue weighted by Gasteiger charge is -2.59. The average molecular weight is 292 g/mol. The van der Waals surface area contributed by atoms with Crippen molar-refractivity contribution in [1.82, 2.24) is 0 Å². The molecular formula is C19H29FO. The molecule has 21 heavy (non-hydrogen) atoms. The van der Waals surface area contributed by atoms with Crippen LogP contribution in [-0.4, -0.2) is 12.0 Å². The van der Waals surface area contributed by atoms with Crippen molar-refractivity contribution < 1.29 is 9.18 Å². The van der Waals surface area contributed by atoms with Crippen LogP contribution in [-0.2, 0) is 4.79 Å². The van der Waals surface area contributed by atoms with Crippen molar-refractivity contribution in [2.24, 2.45) is 34.5 Å². The highest BCUT2D eigenvalue weighted by Gasteiger charge is 2.60. The van der Waals surface area contributed by atoms with E-state index >= 15 is 0 Å². The van der Waals surface area contributed by atoms with E-state index in [2.05, 4.69) is 13.8 Å². The highest BCUT2D eigenvalue weighted by Crippen LogP contribution is 2.65. The minimum absolute atomic E-state index is 0.0122. The van der Waals surface area contributed by atoms with Crippen molar-refractivity contribution in [3.05, 3.63) is 0 Å². The van der Waals surface area contributed by atoms with E-state index in [0.717, 1.165) is 50.4 Å². The van der Waals surface area contributed by atoms with Gasteiger partial charge in [0.15, 0.2) is 0 Å². The Balaban J connectivity index is 1.64. The summed E-state index contributed by atoms with van der Waals surface area (Å²) in [5, 5.41) is 0. The second kappa shape index (κ2) is 4.55. The first-order valence-corrected chi connectivity index (χ1v) is 9.12. The van der Waals surface area contributed by atoms with Gasteiger partial charge in [-0.3, -0.25) is 4.79 Å². The summed E-state index contributed by atoms with van der Waals surface area (Å²) in [4.78, 5) is 12.4. The van der Waals surface area contributed by atoms with Gasteiger partial charge in [-0.05, 0) is 80.5 Å². The molecular weight excluding hydrogens is 263 g/mol. The Kier molecular flexibility index (Phi) is 3.08. The van der Waals surface area contributed by atoms with Crippen molar-refractivity contribution >= 4 is 5.78 Å². The zero-order valence-electron chi connectivity index (χ0n) is 13.5. The van der Waals surface area contributed by atoms with E-state index in [1.54, 1.807) is 0 Å². The Bertz CT molecular complexity index is 460. The van der Waals surface area contributed by atoms with Gasteiger partial charge in [0, 0.05) is 11.8 Å². The number of fused-ring (bicyclic) bond motifs is 5. The Hall–Kier alpha value is -0.400. The molecule has 4 saturated carbocycles. The Morgan fingerprint density at radius 1 is 1.00 bits per heavy atom. The van der Waals surface area contributed by atoms with E-state index in [4.69, 9.17) is 0 Å². The molecule has 0 aromatic rings. The molecule has 0 aromatic carbocycles. The molecule has 0 bridgehead atoms. The first kappa shape index (κ1) is 14.2. The zero-order chi connectivity index (χ0) is 14.8. The standard InChI is InChI=1S/C19H29FO/c1-18-9-7-13(20)11-12(18)3-4-14-15-5-6-17(21)19(15,2)10-8-16(14)18/h12-16H,3-11H2,1-2H3/t12-,13+,14+,15+,16+,18+,19-/m0/s1. The number of carbonyl (C=O) groups excluding carboxylic acids is 1. The minimum atomic E-state index is -0.554. The molecule has 4 aliphatic carbocycles. The third-order valence-corrected chi connectivity index (χ3v) is 8.31. The van der Waals surface area contributed by atoms with Crippen LogP contribution in [0.4, 0.5) is 4.39 Å². The van der Waals surface area contributed by atoms with Gasteiger partial charge in [0.2, 0.25) is 0 Å². The maximum Gasteiger partial charge on any atom is 0.139 e. The van der Waals surface area contributed by atoms with Crippen LogP contribution in [0.25, 0.3) is 0 Å². The van der Waals surface area contributed by atoms with Gasteiger partial charge in [0.25, 0.3) is 0 Å². The van der Waals surface area contributed by atoms with Crippen LogP contribution in [0.1, 0.15) is 71.6 Å². The smallest absolute Gasteiger partial charge is 0.139 e. The van der Waals surface area contributed by atoms with E-state index in [-0.39, 0.29) is 5.41 Å². The van der Waals surface area contributed by atoms with Gasteiger partial charge in [-0.1, -0.05) is 13.8 Å². The van der Waals surface area contributed by atoms with Crippen LogP contribution in [0.15, 0.2) is 0 Å². The lowest BCUT2D eigenvalue weighted by atomic mass is 9.45. The molecule has 0 spiro atoms. The molecule has 0 N–H and O–H groups in total. The summed E-state index contributed by atoms with van der Waals surface area (Å²) in [6, 6.07) is 0. The zero-order valence-corrected chi connectivity index (χ0v) is 13.5. The van der Waals surface area contributed by atoms with E-state index in [9.17, 15) is 9.18 Å². The normalized spacial score (nSPS) is 56.5. The molecule has 1 nitrogen and oxygen atoms in total. The maximum atomic E-state index is 13.8. The summed E-state index contributed by atoms with van der Waals surface area (Å²) < 4.78 is 13.8. The molecule has 0 saturated heterocycles. The fourth-order valence-corrected chi connectivity index (χ4v) is 6.98. The van der Waals surface area contributed by atoms with E-state index in [1.807, 2.05) is 0 Å². The van der Waals surface area contributed by atoms with Crippen LogP contribution in [0.2, 0.25) is 0 Å². The first-order valence-electron chi connectivity index (χ1n) is 9.12. The molecule has 4 aliphatic rings. The maximum absolute atomic E-state index is 13.8. The molecule has 0 amide bonds. The van der Waals surface area contributed by atoms with Crippen molar-refractivity contribution in [3.63, 3.8) is 0 Å². The summed E-state index contributed by atoms with van der Waals surface area (Å²) in [7, 11) is 0. The second-order valence-corrected chi connectivity index (χ2v) is 8.95. The fourth-order valence-electron chi connectivity index (χ4n) is 6.98.